The summed E-state index contributed by atoms with van der Waals surface area (Å²) in [7, 11) is 0. The molecule has 4 heteroatoms. The van der Waals surface area contributed by atoms with Gasteiger partial charge in [0.25, 0.3) is 5.91 Å². The molecule has 0 aliphatic rings. The molecule has 0 saturated carbocycles. The number of hydrogen-bond acceptors (Lipinski definition) is 3. The van der Waals surface area contributed by atoms with E-state index in [-0.39, 0.29) is 22.5 Å². The zero-order valence-corrected chi connectivity index (χ0v) is 15.3. The number of amides is 1. The summed E-state index contributed by atoms with van der Waals surface area (Å²) in [5.74, 6) is 0.541. The van der Waals surface area contributed by atoms with E-state index in [4.69, 9.17) is 0 Å². The lowest BCUT2D eigenvalue weighted by Crippen LogP contribution is -2.21. The van der Waals surface area contributed by atoms with E-state index >= 15 is 0 Å². The second kappa shape index (κ2) is 6.27. The molecule has 24 heavy (non-hydrogen) atoms. The van der Waals surface area contributed by atoms with Crippen LogP contribution in [-0.4, -0.2) is 16.0 Å². The van der Waals surface area contributed by atoms with Gasteiger partial charge in [0, 0.05) is 22.9 Å². The van der Waals surface area contributed by atoms with Gasteiger partial charge >= 0.3 is 0 Å². The van der Waals surface area contributed by atoms with Crippen LogP contribution in [0.3, 0.4) is 0 Å². The molecule has 0 unspecified atom stereocenters. The maximum Gasteiger partial charge on any atom is 0.256 e. The second-order valence-corrected chi connectivity index (χ2v) is 8.09. The molecule has 2 aromatic rings. The number of aromatic hydroxyl groups is 1. The lowest BCUT2D eigenvalue weighted by atomic mass is 9.78. The van der Waals surface area contributed by atoms with Crippen molar-refractivity contribution in [3.8, 4) is 5.75 Å². The number of benzene rings is 1. The summed E-state index contributed by atoms with van der Waals surface area (Å²) >= 11 is 0. The zero-order valence-electron chi connectivity index (χ0n) is 15.3. The first-order chi connectivity index (χ1) is 11.0. The fourth-order valence-electron chi connectivity index (χ4n) is 2.53. The zero-order chi connectivity index (χ0) is 18.1. The molecule has 1 aromatic carbocycles. The molecule has 4 nitrogen and oxygen atoms in total. The van der Waals surface area contributed by atoms with Gasteiger partial charge in [-0.15, -0.1) is 0 Å². The van der Waals surface area contributed by atoms with E-state index in [0.717, 1.165) is 11.1 Å². The summed E-state index contributed by atoms with van der Waals surface area (Å²) in [6.45, 7) is 12.1. The highest BCUT2D eigenvalue weighted by molar-refractivity contribution is 6.04. The molecular weight excluding hydrogens is 300 g/mol. The number of phenols is 1. The first-order valence-corrected chi connectivity index (χ1v) is 8.10. The van der Waals surface area contributed by atoms with E-state index in [1.54, 1.807) is 30.5 Å². The fraction of sp³-hybridized carbons (Fsp3) is 0.400. The van der Waals surface area contributed by atoms with Crippen LogP contribution < -0.4 is 5.32 Å². The van der Waals surface area contributed by atoms with Crippen molar-refractivity contribution in [2.75, 3.05) is 5.32 Å². The largest absolute Gasteiger partial charge is 0.507 e. The number of carbonyl (C=O) groups is 1. The van der Waals surface area contributed by atoms with Gasteiger partial charge in [-0.1, -0.05) is 47.6 Å². The number of hydrogen-bond donors (Lipinski definition) is 2. The predicted molar refractivity (Wildman–Crippen MR) is 97.7 cm³/mol. The van der Waals surface area contributed by atoms with Crippen LogP contribution in [0.5, 0.6) is 5.75 Å². The molecular formula is C20H26N2O2. The summed E-state index contributed by atoms with van der Waals surface area (Å²) in [5, 5.41) is 13.5. The van der Waals surface area contributed by atoms with Crippen molar-refractivity contribution in [1.82, 2.24) is 4.98 Å². The Hall–Kier alpha value is -2.36. The van der Waals surface area contributed by atoms with E-state index in [1.807, 2.05) is 47.6 Å². The molecule has 0 aliphatic heterocycles. The lowest BCUT2D eigenvalue weighted by molar-refractivity contribution is 0.102. The molecule has 2 N–H and O–H groups in total. The molecule has 128 valence electrons. The predicted octanol–water partition coefficient (Wildman–Crippen LogP) is 4.63. The molecule has 0 aliphatic carbocycles. The standard InChI is InChI=1S/C20H26N2O2/c1-19(2,3)14-11-13(12-15(17(14)23)20(4,5)6)18(24)22-16-9-7-8-10-21-16/h7-12,23H,1-6H3,(H,21,22,24). The van der Waals surface area contributed by atoms with Gasteiger partial charge < -0.3 is 10.4 Å². The average Bonchev–Trinajstić information content (AvgIpc) is 2.46. The topological polar surface area (TPSA) is 62.2 Å². The third-order valence-electron chi connectivity index (χ3n) is 3.89. The van der Waals surface area contributed by atoms with Gasteiger partial charge in [-0.3, -0.25) is 4.79 Å². The number of aromatic nitrogens is 1. The van der Waals surface area contributed by atoms with Gasteiger partial charge in [-0.05, 0) is 35.1 Å². The third kappa shape index (κ3) is 3.94. The van der Waals surface area contributed by atoms with Crippen molar-refractivity contribution < 1.29 is 9.90 Å². The van der Waals surface area contributed by atoms with E-state index in [0.29, 0.717) is 11.4 Å². The number of pyridine rings is 1. The van der Waals surface area contributed by atoms with Crippen LogP contribution in [0.15, 0.2) is 36.5 Å². The third-order valence-corrected chi connectivity index (χ3v) is 3.89. The van der Waals surface area contributed by atoms with E-state index in [9.17, 15) is 9.90 Å². The normalized spacial score (nSPS) is 12.1. The van der Waals surface area contributed by atoms with Gasteiger partial charge in [0.05, 0.1) is 0 Å². The van der Waals surface area contributed by atoms with Gasteiger partial charge in [-0.25, -0.2) is 4.98 Å². The number of nitrogens with one attached hydrogen (secondary N) is 1. The highest BCUT2D eigenvalue weighted by Crippen LogP contribution is 2.39. The van der Waals surface area contributed by atoms with Crippen LogP contribution in [0.4, 0.5) is 5.82 Å². The Labute approximate surface area is 143 Å². The molecule has 0 fully saturated rings. The monoisotopic (exact) mass is 326 g/mol. The highest BCUT2D eigenvalue weighted by Gasteiger charge is 2.27. The van der Waals surface area contributed by atoms with Gasteiger partial charge in [0.1, 0.15) is 11.6 Å². The number of anilines is 1. The summed E-state index contributed by atoms with van der Waals surface area (Å²) in [6.07, 6.45) is 1.63. The molecule has 0 saturated heterocycles. The number of phenolic OH excluding ortho intramolecular Hbond substituents is 1. The lowest BCUT2D eigenvalue weighted by Gasteiger charge is -2.28. The Morgan fingerprint density at radius 3 is 1.96 bits per heavy atom. The Balaban J connectivity index is 2.52. The van der Waals surface area contributed by atoms with Crippen LogP contribution in [0.25, 0.3) is 0 Å². The van der Waals surface area contributed by atoms with Crippen LogP contribution in [0.1, 0.15) is 63.0 Å². The van der Waals surface area contributed by atoms with E-state index in [1.165, 1.54) is 0 Å². The average molecular weight is 326 g/mol. The molecule has 2 rings (SSSR count). The number of carbonyl (C=O) groups excluding carboxylic acids is 1. The summed E-state index contributed by atoms with van der Waals surface area (Å²) < 4.78 is 0. The molecule has 1 heterocycles. The smallest absolute Gasteiger partial charge is 0.256 e. The van der Waals surface area contributed by atoms with Crippen molar-refractivity contribution in [3.63, 3.8) is 0 Å². The Bertz CT molecular complexity index is 703. The van der Waals surface area contributed by atoms with Crippen molar-refractivity contribution >= 4 is 11.7 Å². The van der Waals surface area contributed by atoms with Gasteiger partial charge in [0.15, 0.2) is 0 Å². The molecule has 0 atom stereocenters. The van der Waals surface area contributed by atoms with Crippen LogP contribution in [-0.2, 0) is 10.8 Å². The van der Waals surface area contributed by atoms with Crippen LogP contribution in [0, 0.1) is 0 Å². The Morgan fingerprint density at radius 2 is 1.54 bits per heavy atom. The summed E-state index contributed by atoms with van der Waals surface area (Å²) in [4.78, 5) is 16.8. The van der Waals surface area contributed by atoms with Crippen LogP contribution in [0.2, 0.25) is 0 Å². The minimum Gasteiger partial charge on any atom is -0.507 e. The molecule has 0 spiro atoms. The second-order valence-electron chi connectivity index (χ2n) is 8.09. The first kappa shape index (κ1) is 18.0. The summed E-state index contributed by atoms with van der Waals surface area (Å²) in [5.41, 5.74) is 1.51. The quantitative estimate of drug-likeness (QED) is 0.845. The van der Waals surface area contributed by atoms with Crippen LogP contribution >= 0.6 is 0 Å². The Kier molecular flexibility index (Phi) is 4.70. The van der Waals surface area contributed by atoms with E-state index < -0.39 is 0 Å². The first-order valence-electron chi connectivity index (χ1n) is 8.10. The molecule has 1 amide bonds. The van der Waals surface area contributed by atoms with Crippen molar-refractivity contribution in [2.24, 2.45) is 0 Å². The molecule has 0 radical (unpaired) electrons. The maximum absolute atomic E-state index is 12.7. The SMILES string of the molecule is CC(C)(C)c1cc(C(=O)Nc2ccccn2)cc(C(C)(C)C)c1O. The highest BCUT2D eigenvalue weighted by atomic mass is 16.3. The van der Waals surface area contributed by atoms with Gasteiger partial charge in [-0.2, -0.15) is 0 Å². The molecule has 1 aromatic heterocycles. The minimum atomic E-state index is -0.272. The maximum atomic E-state index is 12.7. The van der Waals surface area contributed by atoms with E-state index in [2.05, 4.69) is 10.3 Å². The van der Waals surface area contributed by atoms with Crippen molar-refractivity contribution in [1.29, 1.82) is 0 Å². The minimum absolute atomic E-state index is 0.232. The molecule has 0 bridgehead atoms. The van der Waals surface area contributed by atoms with Crippen molar-refractivity contribution in [2.45, 2.75) is 52.4 Å². The summed E-state index contributed by atoms with van der Waals surface area (Å²) in [6, 6.07) is 8.89. The fourth-order valence-corrected chi connectivity index (χ4v) is 2.53. The van der Waals surface area contributed by atoms with Crippen molar-refractivity contribution in [3.05, 3.63) is 53.2 Å². The van der Waals surface area contributed by atoms with Gasteiger partial charge in [0.2, 0.25) is 0 Å². The number of nitrogens with zero attached hydrogens (tertiary/aromatic N) is 1. The Morgan fingerprint density at radius 1 is 1.00 bits per heavy atom. The number of rotatable bonds is 2.